The minimum absolute atomic E-state index is 0.149. The lowest BCUT2D eigenvalue weighted by Crippen LogP contribution is -2.13. The largest absolute Gasteiger partial charge is 0.343 e. The van der Waals surface area contributed by atoms with E-state index in [4.69, 9.17) is 21.1 Å². The second kappa shape index (κ2) is 3.89. The Morgan fingerprint density at radius 1 is 1.00 bits per heavy atom. The van der Waals surface area contributed by atoms with Gasteiger partial charge in [0.2, 0.25) is 0 Å². The third-order valence-corrected chi connectivity index (χ3v) is 2.73. The Morgan fingerprint density at radius 3 is 2.00 bits per heavy atom. The molecule has 1 aromatic carbocycles. The molecule has 0 aliphatic carbocycles. The van der Waals surface area contributed by atoms with Gasteiger partial charge >= 0.3 is 0 Å². The molecule has 2 rings (SSSR count). The molecule has 1 aliphatic rings. The highest BCUT2D eigenvalue weighted by atomic mass is 35.5. The number of halogens is 1. The van der Waals surface area contributed by atoms with Crippen molar-refractivity contribution in [3.8, 4) is 0 Å². The predicted octanol–water partition coefficient (Wildman–Crippen LogP) is 3.16. The van der Waals surface area contributed by atoms with E-state index in [-0.39, 0.29) is 18.5 Å². The number of hydrogen-bond donors (Lipinski definition) is 0. The summed E-state index contributed by atoms with van der Waals surface area (Å²) in [6.45, 7) is 4.03. The van der Waals surface area contributed by atoms with E-state index in [1.165, 1.54) is 0 Å². The monoisotopic (exact) mass is 212 g/mol. The van der Waals surface area contributed by atoms with Gasteiger partial charge in [0.1, 0.15) is 0 Å². The van der Waals surface area contributed by atoms with Crippen LogP contribution in [0.4, 0.5) is 0 Å². The molecule has 76 valence electrons. The van der Waals surface area contributed by atoms with Crippen LogP contribution in [-0.4, -0.2) is 12.2 Å². The molecule has 2 nitrogen and oxygen atoms in total. The van der Waals surface area contributed by atoms with E-state index < -0.39 is 0 Å². The summed E-state index contributed by atoms with van der Waals surface area (Å²) in [5.74, 6) is 0. The number of ether oxygens (including phenoxy) is 2. The first-order valence-electron chi connectivity index (χ1n) is 4.73. The highest BCUT2D eigenvalue weighted by Crippen LogP contribution is 2.31. The van der Waals surface area contributed by atoms with Crippen LogP contribution in [-0.2, 0) is 9.47 Å². The van der Waals surface area contributed by atoms with Gasteiger partial charge in [0, 0.05) is 10.6 Å². The molecule has 1 fully saturated rings. The van der Waals surface area contributed by atoms with Crippen molar-refractivity contribution in [3.05, 3.63) is 34.9 Å². The van der Waals surface area contributed by atoms with Gasteiger partial charge in [0.15, 0.2) is 6.29 Å². The molecule has 1 aliphatic heterocycles. The summed E-state index contributed by atoms with van der Waals surface area (Å²) >= 11 is 5.79. The van der Waals surface area contributed by atoms with Crippen LogP contribution in [0.3, 0.4) is 0 Å². The third kappa shape index (κ3) is 1.92. The molecule has 0 bridgehead atoms. The average Bonchev–Trinajstić information content (AvgIpc) is 2.48. The van der Waals surface area contributed by atoms with Gasteiger partial charge in [0.05, 0.1) is 12.2 Å². The Morgan fingerprint density at radius 2 is 1.50 bits per heavy atom. The Bertz CT molecular complexity index is 300. The Labute approximate surface area is 88.8 Å². The minimum Gasteiger partial charge on any atom is -0.343 e. The Hall–Kier alpha value is -0.570. The van der Waals surface area contributed by atoms with Gasteiger partial charge in [-0.2, -0.15) is 0 Å². The molecule has 1 aromatic rings. The van der Waals surface area contributed by atoms with Crippen LogP contribution in [0.1, 0.15) is 25.7 Å². The minimum atomic E-state index is -0.239. The Kier molecular flexibility index (Phi) is 2.77. The lowest BCUT2D eigenvalue weighted by atomic mass is 10.2. The van der Waals surface area contributed by atoms with Crippen LogP contribution in [0.15, 0.2) is 24.3 Å². The molecule has 14 heavy (non-hydrogen) atoms. The molecule has 0 N–H and O–H groups in total. The van der Waals surface area contributed by atoms with Crippen LogP contribution in [0.2, 0.25) is 5.02 Å². The number of benzene rings is 1. The molecule has 0 amide bonds. The van der Waals surface area contributed by atoms with Crippen LogP contribution in [0.25, 0.3) is 0 Å². The van der Waals surface area contributed by atoms with Gasteiger partial charge in [-0.1, -0.05) is 23.7 Å². The molecule has 1 saturated heterocycles. The zero-order valence-corrected chi connectivity index (χ0v) is 8.99. The lowest BCUT2D eigenvalue weighted by Gasteiger charge is -2.09. The molecule has 0 aromatic heterocycles. The van der Waals surface area contributed by atoms with E-state index in [2.05, 4.69) is 0 Å². The SMILES string of the molecule is C[C@@H]1OC(c2ccc(Cl)cc2)O[C@H]1C. The van der Waals surface area contributed by atoms with Crippen LogP contribution >= 0.6 is 11.6 Å². The fraction of sp³-hybridized carbons (Fsp3) is 0.455. The molecule has 0 saturated carbocycles. The second-order valence-electron chi connectivity index (χ2n) is 3.57. The van der Waals surface area contributed by atoms with E-state index in [9.17, 15) is 0 Å². The van der Waals surface area contributed by atoms with E-state index in [0.29, 0.717) is 0 Å². The molecule has 0 spiro atoms. The van der Waals surface area contributed by atoms with Crippen molar-refractivity contribution in [2.75, 3.05) is 0 Å². The first kappa shape index (κ1) is 9.97. The molecule has 0 radical (unpaired) electrons. The molecule has 1 heterocycles. The first-order valence-corrected chi connectivity index (χ1v) is 5.11. The van der Waals surface area contributed by atoms with Gasteiger partial charge in [-0.15, -0.1) is 0 Å². The van der Waals surface area contributed by atoms with Gasteiger partial charge in [-0.3, -0.25) is 0 Å². The summed E-state index contributed by atoms with van der Waals surface area (Å²) in [6.07, 6.45) is 0.0589. The maximum absolute atomic E-state index is 5.79. The fourth-order valence-corrected chi connectivity index (χ4v) is 1.55. The maximum Gasteiger partial charge on any atom is 0.184 e. The Balaban J connectivity index is 2.13. The molecule has 3 heteroatoms. The van der Waals surface area contributed by atoms with Crippen molar-refractivity contribution in [1.82, 2.24) is 0 Å². The normalized spacial score (nSPS) is 28.2. The lowest BCUT2D eigenvalue weighted by molar-refractivity contribution is -0.0652. The van der Waals surface area contributed by atoms with Crippen LogP contribution in [0, 0.1) is 0 Å². The van der Waals surface area contributed by atoms with E-state index >= 15 is 0 Å². The predicted molar refractivity (Wildman–Crippen MR) is 55.3 cm³/mol. The van der Waals surface area contributed by atoms with Crippen molar-refractivity contribution in [2.24, 2.45) is 0 Å². The second-order valence-corrected chi connectivity index (χ2v) is 4.00. The molecular formula is C11H13ClO2. The summed E-state index contributed by atoms with van der Waals surface area (Å²) < 4.78 is 11.3. The summed E-state index contributed by atoms with van der Waals surface area (Å²) in [7, 11) is 0. The van der Waals surface area contributed by atoms with Crippen molar-refractivity contribution >= 4 is 11.6 Å². The summed E-state index contributed by atoms with van der Waals surface area (Å²) in [5.41, 5.74) is 1.02. The number of rotatable bonds is 1. The van der Waals surface area contributed by atoms with Gasteiger partial charge in [-0.05, 0) is 26.0 Å². The van der Waals surface area contributed by atoms with Gasteiger partial charge in [0.25, 0.3) is 0 Å². The standard InChI is InChI=1S/C11H13ClO2/c1-7-8(2)14-11(13-7)9-3-5-10(12)6-4-9/h3-8,11H,1-2H3/t7-,8-/m0/s1. The zero-order valence-electron chi connectivity index (χ0n) is 8.24. The van der Waals surface area contributed by atoms with Gasteiger partial charge < -0.3 is 9.47 Å². The highest BCUT2D eigenvalue weighted by Gasteiger charge is 2.30. The van der Waals surface area contributed by atoms with Crippen molar-refractivity contribution in [3.63, 3.8) is 0 Å². The van der Waals surface area contributed by atoms with Crippen LogP contribution < -0.4 is 0 Å². The van der Waals surface area contributed by atoms with Crippen molar-refractivity contribution < 1.29 is 9.47 Å². The maximum atomic E-state index is 5.79. The third-order valence-electron chi connectivity index (χ3n) is 2.48. The van der Waals surface area contributed by atoms with E-state index in [1.54, 1.807) is 0 Å². The summed E-state index contributed by atoms with van der Waals surface area (Å²) in [5, 5.41) is 0.729. The van der Waals surface area contributed by atoms with E-state index in [1.807, 2.05) is 38.1 Å². The fourth-order valence-electron chi connectivity index (χ4n) is 1.42. The first-order chi connectivity index (χ1) is 6.66. The smallest absolute Gasteiger partial charge is 0.184 e. The molecule has 2 atom stereocenters. The zero-order chi connectivity index (χ0) is 10.1. The van der Waals surface area contributed by atoms with E-state index in [0.717, 1.165) is 10.6 Å². The van der Waals surface area contributed by atoms with Gasteiger partial charge in [-0.25, -0.2) is 0 Å². The quantitative estimate of drug-likeness (QED) is 0.712. The number of hydrogen-bond acceptors (Lipinski definition) is 2. The van der Waals surface area contributed by atoms with Crippen LogP contribution in [0.5, 0.6) is 0 Å². The van der Waals surface area contributed by atoms with Crippen molar-refractivity contribution in [1.29, 1.82) is 0 Å². The molecule has 0 unspecified atom stereocenters. The summed E-state index contributed by atoms with van der Waals surface area (Å²) in [6, 6.07) is 7.55. The van der Waals surface area contributed by atoms with Crippen molar-refractivity contribution in [2.45, 2.75) is 32.3 Å². The topological polar surface area (TPSA) is 18.5 Å². The summed E-state index contributed by atoms with van der Waals surface area (Å²) in [4.78, 5) is 0. The molecular weight excluding hydrogens is 200 g/mol. The average molecular weight is 213 g/mol. The highest BCUT2D eigenvalue weighted by molar-refractivity contribution is 6.30.